The quantitative estimate of drug-likeness (QED) is 0.591. The molecule has 100 valence electrons. The van der Waals surface area contributed by atoms with Crippen molar-refractivity contribution in [3.8, 4) is 22.6 Å². The van der Waals surface area contributed by atoms with Crippen molar-refractivity contribution < 1.29 is 0 Å². The van der Waals surface area contributed by atoms with Crippen LogP contribution in [-0.2, 0) is 0 Å². The van der Waals surface area contributed by atoms with Gasteiger partial charge in [0.2, 0.25) is 0 Å². The summed E-state index contributed by atoms with van der Waals surface area (Å²) in [5.74, 6) is 0.875. The van der Waals surface area contributed by atoms with E-state index in [1.165, 1.54) is 10.8 Å². The molecule has 4 aromatic rings. The highest BCUT2D eigenvalue weighted by atomic mass is 14.9. The van der Waals surface area contributed by atoms with E-state index in [2.05, 4.69) is 57.4 Å². The van der Waals surface area contributed by atoms with Crippen LogP contribution in [0.15, 0.2) is 73.2 Å². The van der Waals surface area contributed by atoms with Crippen molar-refractivity contribution in [2.45, 2.75) is 0 Å². The molecule has 2 aromatic carbocycles. The number of imidazole rings is 1. The molecule has 0 radical (unpaired) electrons. The number of H-pyrrole nitrogens is 1. The van der Waals surface area contributed by atoms with Crippen molar-refractivity contribution in [2.24, 2.45) is 0 Å². The topological polar surface area (TPSA) is 41.6 Å². The first-order valence-corrected chi connectivity index (χ1v) is 6.85. The lowest BCUT2D eigenvalue weighted by Crippen LogP contribution is -1.82. The second kappa shape index (κ2) is 4.87. The van der Waals surface area contributed by atoms with Crippen LogP contribution in [0.5, 0.6) is 0 Å². The van der Waals surface area contributed by atoms with Crippen LogP contribution in [0.3, 0.4) is 0 Å². The summed E-state index contributed by atoms with van der Waals surface area (Å²) in [4.78, 5) is 12.0. The molecule has 0 aliphatic carbocycles. The number of pyridine rings is 1. The largest absolute Gasteiger partial charge is 0.338 e. The number of aromatic nitrogens is 3. The average molecular weight is 271 g/mol. The van der Waals surface area contributed by atoms with E-state index in [1.807, 2.05) is 24.5 Å². The number of rotatable bonds is 2. The molecule has 0 amide bonds. The smallest absolute Gasteiger partial charge is 0.137 e. The maximum atomic E-state index is 4.49. The Balaban J connectivity index is 1.77. The SMILES string of the molecule is c1cncc(-c2cnc(-c3ccc4ccccc4c3)[nH]2)c1. The predicted molar refractivity (Wildman–Crippen MR) is 84.8 cm³/mol. The minimum absolute atomic E-state index is 0.875. The van der Waals surface area contributed by atoms with Crippen LogP contribution in [0.2, 0.25) is 0 Å². The van der Waals surface area contributed by atoms with Gasteiger partial charge < -0.3 is 4.98 Å². The molecule has 0 fully saturated rings. The molecule has 3 nitrogen and oxygen atoms in total. The number of benzene rings is 2. The van der Waals surface area contributed by atoms with Crippen LogP contribution < -0.4 is 0 Å². The lowest BCUT2D eigenvalue weighted by atomic mass is 10.1. The van der Waals surface area contributed by atoms with Gasteiger partial charge in [-0.3, -0.25) is 4.98 Å². The molecule has 1 N–H and O–H groups in total. The van der Waals surface area contributed by atoms with Gasteiger partial charge in [0.15, 0.2) is 0 Å². The van der Waals surface area contributed by atoms with Gasteiger partial charge in [-0.2, -0.15) is 0 Å². The van der Waals surface area contributed by atoms with Gasteiger partial charge >= 0.3 is 0 Å². The highest BCUT2D eigenvalue weighted by molar-refractivity contribution is 5.86. The van der Waals surface area contributed by atoms with E-state index in [4.69, 9.17) is 0 Å². The first kappa shape index (κ1) is 11.9. The Morgan fingerprint density at radius 3 is 2.52 bits per heavy atom. The Hall–Kier alpha value is -2.94. The molecule has 0 spiro atoms. The highest BCUT2D eigenvalue weighted by Crippen LogP contribution is 2.24. The van der Waals surface area contributed by atoms with Gasteiger partial charge in [0.05, 0.1) is 11.9 Å². The summed E-state index contributed by atoms with van der Waals surface area (Å²) in [5.41, 5.74) is 3.10. The Morgan fingerprint density at radius 2 is 1.67 bits per heavy atom. The molecule has 3 heteroatoms. The molecule has 0 aliphatic rings. The predicted octanol–water partition coefficient (Wildman–Crippen LogP) is 4.29. The third kappa shape index (κ3) is 2.19. The Kier molecular flexibility index (Phi) is 2.75. The van der Waals surface area contributed by atoms with Crippen molar-refractivity contribution in [1.29, 1.82) is 0 Å². The van der Waals surface area contributed by atoms with Crippen LogP contribution in [0.25, 0.3) is 33.4 Å². The fraction of sp³-hybridized carbons (Fsp3) is 0. The van der Waals surface area contributed by atoms with Gasteiger partial charge in [-0.05, 0) is 29.0 Å². The van der Waals surface area contributed by atoms with Crippen LogP contribution in [0.1, 0.15) is 0 Å². The number of hydrogen-bond acceptors (Lipinski definition) is 2. The number of aromatic amines is 1. The number of nitrogens with zero attached hydrogens (tertiary/aromatic N) is 2. The fourth-order valence-electron chi connectivity index (χ4n) is 2.47. The summed E-state index contributed by atoms with van der Waals surface area (Å²) in [6, 6.07) is 18.6. The zero-order chi connectivity index (χ0) is 14.1. The van der Waals surface area contributed by atoms with Crippen molar-refractivity contribution in [3.63, 3.8) is 0 Å². The van der Waals surface area contributed by atoms with E-state index in [-0.39, 0.29) is 0 Å². The van der Waals surface area contributed by atoms with Crippen molar-refractivity contribution in [2.75, 3.05) is 0 Å². The summed E-state index contributed by atoms with van der Waals surface area (Å²) in [5, 5.41) is 2.45. The molecular weight excluding hydrogens is 258 g/mol. The maximum Gasteiger partial charge on any atom is 0.137 e. The van der Waals surface area contributed by atoms with E-state index in [0.717, 1.165) is 22.6 Å². The zero-order valence-electron chi connectivity index (χ0n) is 11.3. The number of nitrogens with one attached hydrogen (secondary N) is 1. The molecule has 0 aliphatic heterocycles. The monoisotopic (exact) mass is 271 g/mol. The molecule has 0 atom stereocenters. The van der Waals surface area contributed by atoms with Crippen molar-refractivity contribution >= 4 is 10.8 Å². The molecular formula is C18H13N3. The van der Waals surface area contributed by atoms with Gasteiger partial charge in [0.25, 0.3) is 0 Å². The third-order valence-electron chi connectivity index (χ3n) is 3.57. The molecule has 2 aromatic heterocycles. The Bertz CT molecular complexity index is 894. The van der Waals surface area contributed by atoms with Gasteiger partial charge in [0.1, 0.15) is 5.82 Å². The van der Waals surface area contributed by atoms with Gasteiger partial charge in [-0.25, -0.2) is 4.98 Å². The van der Waals surface area contributed by atoms with Gasteiger partial charge in [0, 0.05) is 23.5 Å². The van der Waals surface area contributed by atoms with Crippen LogP contribution in [0.4, 0.5) is 0 Å². The minimum atomic E-state index is 0.875. The van der Waals surface area contributed by atoms with E-state index >= 15 is 0 Å². The molecule has 21 heavy (non-hydrogen) atoms. The van der Waals surface area contributed by atoms with E-state index in [9.17, 15) is 0 Å². The van der Waals surface area contributed by atoms with E-state index in [1.54, 1.807) is 6.20 Å². The second-order valence-corrected chi connectivity index (χ2v) is 4.95. The average Bonchev–Trinajstić information content (AvgIpc) is 3.05. The lowest BCUT2D eigenvalue weighted by Gasteiger charge is -2.01. The standard InChI is InChI=1S/C18H13N3/c1-2-5-14-10-15(8-7-13(14)4-1)18-20-12-17(21-18)16-6-3-9-19-11-16/h1-12H,(H,20,21). The first-order chi connectivity index (χ1) is 10.4. The van der Waals surface area contributed by atoms with Crippen molar-refractivity contribution in [1.82, 2.24) is 15.0 Å². The fourth-order valence-corrected chi connectivity index (χ4v) is 2.47. The summed E-state index contributed by atoms with van der Waals surface area (Å²) in [6.07, 6.45) is 5.45. The molecule has 2 heterocycles. The molecule has 0 unspecified atom stereocenters. The first-order valence-electron chi connectivity index (χ1n) is 6.85. The molecule has 0 bridgehead atoms. The molecule has 0 saturated heterocycles. The maximum absolute atomic E-state index is 4.49. The van der Waals surface area contributed by atoms with E-state index in [0.29, 0.717) is 0 Å². The molecule has 0 saturated carbocycles. The highest BCUT2D eigenvalue weighted by Gasteiger charge is 2.06. The normalized spacial score (nSPS) is 10.9. The Morgan fingerprint density at radius 1 is 0.762 bits per heavy atom. The van der Waals surface area contributed by atoms with Gasteiger partial charge in [-0.1, -0.05) is 36.4 Å². The summed E-state index contributed by atoms with van der Waals surface area (Å²) in [6.45, 7) is 0. The van der Waals surface area contributed by atoms with Crippen molar-refractivity contribution in [3.05, 3.63) is 73.2 Å². The summed E-state index contributed by atoms with van der Waals surface area (Å²) in [7, 11) is 0. The van der Waals surface area contributed by atoms with Crippen LogP contribution >= 0.6 is 0 Å². The van der Waals surface area contributed by atoms with E-state index < -0.39 is 0 Å². The summed E-state index contributed by atoms with van der Waals surface area (Å²) >= 11 is 0. The zero-order valence-corrected chi connectivity index (χ0v) is 11.3. The Labute approximate surface area is 122 Å². The summed E-state index contributed by atoms with van der Waals surface area (Å²) < 4.78 is 0. The second-order valence-electron chi connectivity index (χ2n) is 4.95. The number of hydrogen-bond donors (Lipinski definition) is 1. The van der Waals surface area contributed by atoms with Crippen LogP contribution in [0, 0.1) is 0 Å². The number of fused-ring (bicyclic) bond motifs is 1. The van der Waals surface area contributed by atoms with Gasteiger partial charge in [-0.15, -0.1) is 0 Å². The van der Waals surface area contributed by atoms with Crippen LogP contribution in [-0.4, -0.2) is 15.0 Å². The minimum Gasteiger partial charge on any atom is -0.338 e. The molecule has 4 rings (SSSR count). The lowest BCUT2D eigenvalue weighted by molar-refractivity contribution is 1.29. The third-order valence-corrected chi connectivity index (χ3v) is 3.57.